The Kier molecular flexibility index (Phi) is 5.74. The van der Waals surface area contributed by atoms with Crippen LogP contribution in [0, 0.1) is 0 Å². The molecule has 1 aromatic carbocycles. The number of methoxy groups -OCH3 is 1. The molecular weight excluding hydrogens is 386 g/mol. The van der Waals surface area contributed by atoms with Crippen molar-refractivity contribution in [1.82, 2.24) is 14.7 Å². The molecule has 3 heterocycles. The zero-order valence-electron chi connectivity index (χ0n) is 17.0. The van der Waals surface area contributed by atoms with Crippen molar-refractivity contribution < 1.29 is 23.5 Å². The Labute approximate surface area is 175 Å². The Bertz CT molecular complexity index is 919. The second kappa shape index (κ2) is 8.61. The Morgan fingerprint density at radius 1 is 1.07 bits per heavy atom. The van der Waals surface area contributed by atoms with E-state index in [-0.39, 0.29) is 17.7 Å². The number of para-hydroxylation sites is 1. The van der Waals surface area contributed by atoms with Crippen LogP contribution in [0.4, 0.5) is 0 Å². The van der Waals surface area contributed by atoms with Crippen molar-refractivity contribution in [2.45, 2.75) is 25.4 Å². The summed E-state index contributed by atoms with van der Waals surface area (Å²) in [6.07, 6.45) is 2.35. The zero-order chi connectivity index (χ0) is 21.1. The van der Waals surface area contributed by atoms with E-state index in [1.165, 1.54) is 6.26 Å². The van der Waals surface area contributed by atoms with Crippen LogP contribution in [0.1, 0.15) is 29.0 Å². The summed E-state index contributed by atoms with van der Waals surface area (Å²) in [5.41, 5.74) is 0.877. The number of carbonyl (C=O) groups is 3. The summed E-state index contributed by atoms with van der Waals surface area (Å²) in [7, 11) is 1.59. The number of piperazine rings is 1. The van der Waals surface area contributed by atoms with Crippen LogP contribution in [0.3, 0.4) is 0 Å². The first-order valence-corrected chi connectivity index (χ1v) is 10.1. The first kappa shape index (κ1) is 20.0. The molecule has 8 heteroatoms. The summed E-state index contributed by atoms with van der Waals surface area (Å²) in [5.74, 6) is 0.764. The molecule has 0 radical (unpaired) electrons. The molecule has 2 saturated heterocycles. The van der Waals surface area contributed by atoms with Gasteiger partial charge in [0.1, 0.15) is 11.8 Å². The predicted molar refractivity (Wildman–Crippen MR) is 108 cm³/mol. The van der Waals surface area contributed by atoms with Crippen molar-refractivity contribution in [3.05, 3.63) is 54.0 Å². The number of carbonyl (C=O) groups excluding carboxylic acids is 3. The Morgan fingerprint density at radius 2 is 1.80 bits per heavy atom. The highest BCUT2D eigenvalue weighted by atomic mass is 16.5. The number of nitrogens with zero attached hydrogens (tertiary/aromatic N) is 3. The van der Waals surface area contributed by atoms with Gasteiger partial charge in [-0.25, -0.2) is 0 Å². The maximum absolute atomic E-state index is 13.2. The van der Waals surface area contributed by atoms with E-state index in [9.17, 15) is 14.4 Å². The van der Waals surface area contributed by atoms with Crippen molar-refractivity contribution in [2.24, 2.45) is 0 Å². The van der Waals surface area contributed by atoms with Gasteiger partial charge >= 0.3 is 0 Å². The van der Waals surface area contributed by atoms with Gasteiger partial charge in [-0.1, -0.05) is 18.2 Å². The lowest BCUT2D eigenvalue weighted by atomic mass is 10.1. The molecule has 1 atom stereocenters. The number of hydrogen-bond donors (Lipinski definition) is 0. The van der Waals surface area contributed by atoms with E-state index >= 15 is 0 Å². The van der Waals surface area contributed by atoms with Crippen molar-refractivity contribution in [2.75, 3.05) is 33.3 Å². The Balaban J connectivity index is 1.40. The highest BCUT2D eigenvalue weighted by Gasteiger charge is 2.39. The smallest absolute Gasteiger partial charge is 0.289 e. The third-order valence-corrected chi connectivity index (χ3v) is 5.76. The van der Waals surface area contributed by atoms with Crippen LogP contribution >= 0.6 is 0 Å². The third kappa shape index (κ3) is 3.90. The van der Waals surface area contributed by atoms with Gasteiger partial charge in [0.25, 0.3) is 5.91 Å². The molecule has 158 valence electrons. The van der Waals surface area contributed by atoms with E-state index in [1.54, 1.807) is 33.9 Å². The minimum Gasteiger partial charge on any atom is -0.496 e. The van der Waals surface area contributed by atoms with Crippen molar-refractivity contribution in [1.29, 1.82) is 0 Å². The summed E-state index contributed by atoms with van der Waals surface area (Å²) >= 11 is 0. The number of likely N-dealkylation sites (tertiary alicyclic amines) is 1. The average Bonchev–Trinajstić information content (AvgIpc) is 3.44. The molecular formula is C22H25N3O5. The highest BCUT2D eigenvalue weighted by molar-refractivity contribution is 5.92. The first-order chi connectivity index (χ1) is 14.6. The molecule has 1 aromatic heterocycles. The van der Waals surface area contributed by atoms with E-state index in [4.69, 9.17) is 9.15 Å². The molecule has 2 fully saturated rings. The lowest BCUT2D eigenvalue weighted by Crippen LogP contribution is -2.54. The fourth-order valence-corrected chi connectivity index (χ4v) is 4.10. The van der Waals surface area contributed by atoms with Gasteiger partial charge in [-0.3, -0.25) is 14.4 Å². The molecule has 2 aliphatic heterocycles. The van der Waals surface area contributed by atoms with Crippen LogP contribution in [0.5, 0.6) is 5.75 Å². The van der Waals surface area contributed by atoms with Crippen LogP contribution in [-0.2, 0) is 16.1 Å². The van der Waals surface area contributed by atoms with Crippen LogP contribution in [0.25, 0.3) is 0 Å². The monoisotopic (exact) mass is 411 g/mol. The van der Waals surface area contributed by atoms with Crippen molar-refractivity contribution in [3.8, 4) is 5.75 Å². The molecule has 0 bridgehead atoms. The fourth-order valence-electron chi connectivity index (χ4n) is 4.10. The van der Waals surface area contributed by atoms with Gasteiger partial charge in [0.2, 0.25) is 11.8 Å². The van der Waals surface area contributed by atoms with Gasteiger partial charge in [-0.05, 0) is 24.6 Å². The molecule has 8 nitrogen and oxygen atoms in total. The van der Waals surface area contributed by atoms with E-state index in [2.05, 4.69) is 0 Å². The number of rotatable bonds is 5. The molecule has 3 amide bonds. The molecule has 4 rings (SSSR count). The Morgan fingerprint density at radius 3 is 2.50 bits per heavy atom. The van der Waals surface area contributed by atoms with E-state index < -0.39 is 6.04 Å². The number of hydrogen-bond acceptors (Lipinski definition) is 5. The lowest BCUT2D eigenvalue weighted by molar-refractivity contribution is -0.142. The quantitative estimate of drug-likeness (QED) is 0.749. The number of furan rings is 1. The predicted octanol–water partition coefficient (Wildman–Crippen LogP) is 1.76. The molecule has 2 aromatic rings. The molecule has 30 heavy (non-hydrogen) atoms. The largest absolute Gasteiger partial charge is 0.496 e. The zero-order valence-corrected chi connectivity index (χ0v) is 17.0. The SMILES string of the molecule is COc1ccccc1CN1C(=O)CCC1C(=O)N1CCN(C(=O)c2ccco2)CC1. The van der Waals surface area contributed by atoms with Crippen molar-refractivity contribution >= 4 is 17.7 Å². The van der Waals surface area contributed by atoms with Gasteiger partial charge in [0, 0.05) is 38.2 Å². The van der Waals surface area contributed by atoms with Crippen LogP contribution < -0.4 is 4.74 Å². The van der Waals surface area contributed by atoms with Gasteiger partial charge < -0.3 is 23.9 Å². The Hall–Kier alpha value is -3.29. The van der Waals surface area contributed by atoms with E-state index in [1.807, 2.05) is 24.3 Å². The maximum Gasteiger partial charge on any atom is 0.289 e. The summed E-state index contributed by atoms with van der Waals surface area (Å²) in [4.78, 5) is 43.2. The van der Waals surface area contributed by atoms with Crippen molar-refractivity contribution in [3.63, 3.8) is 0 Å². The topological polar surface area (TPSA) is 83.3 Å². The average molecular weight is 411 g/mol. The maximum atomic E-state index is 13.2. The van der Waals surface area contributed by atoms with Gasteiger partial charge in [-0.2, -0.15) is 0 Å². The van der Waals surface area contributed by atoms with Crippen LogP contribution in [-0.4, -0.2) is 71.8 Å². The lowest BCUT2D eigenvalue weighted by Gasteiger charge is -2.37. The second-order valence-electron chi connectivity index (χ2n) is 7.48. The second-order valence-corrected chi connectivity index (χ2v) is 7.48. The fraction of sp³-hybridized carbons (Fsp3) is 0.409. The minimum absolute atomic E-state index is 0.0223. The van der Waals surface area contributed by atoms with Gasteiger partial charge in [0.05, 0.1) is 19.9 Å². The summed E-state index contributed by atoms with van der Waals surface area (Å²) in [6, 6.07) is 10.4. The molecule has 1 unspecified atom stereocenters. The van der Waals surface area contributed by atoms with E-state index in [0.717, 1.165) is 5.56 Å². The summed E-state index contributed by atoms with van der Waals surface area (Å²) in [6.45, 7) is 2.12. The summed E-state index contributed by atoms with van der Waals surface area (Å²) < 4.78 is 10.6. The highest BCUT2D eigenvalue weighted by Crippen LogP contribution is 2.27. The standard InChI is InChI=1S/C22H25N3O5/c1-29-18-6-3-2-5-16(18)15-25-17(8-9-20(25)26)21(27)23-10-12-24(13-11-23)22(28)19-7-4-14-30-19/h2-7,14,17H,8-13,15H2,1H3. The van der Waals surface area contributed by atoms with Crippen LogP contribution in [0.2, 0.25) is 0 Å². The molecule has 0 aliphatic carbocycles. The number of amides is 3. The molecule has 0 N–H and O–H groups in total. The molecule has 0 saturated carbocycles. The van der Waals surface area contributed by atoms with E-state index in [0.29, 0.717) is 57.1 Å². The molecule has 2 aliphatic rings. The first-order valence-electron chi connectivity index (χ1n) is 10.1. The van der Waals surface area contributed by atoms with Gasteiger partial charge in [-0.15, -0.1) is 0 Å². The number of ether oxygens (including phenoxy) is 1. The van der Waals surface area contributed by atoms with Gasteiger partial charge in [0.15, 0.2) is 5.76 Å². The number of benzene rings is 1. The minimum atomic E-state index is -0.477. The normalized spacial score (nSPS) is 19.3. The summed E-state index contributed by atoms with van der Waals surface area (Å²) in [5, 5.41) is 0. The molecule has 0 spiro atoms. The third-order valence-electron chi connectivity index (χ3n) is 5.76. The van der Waals surface area contributed by atoms with Crippen LogP contribution in [0.15, 0.2) is 47.1 Å².